The van der Waals surface area contributed by atoms with E-state index in [0.29, 0.717) is 12.1 Å². The smallest absolute Gasteiger partial charge is 0.191 e. The highest BCUT2D eigenvalue weighted by Crippen LogP contribution is 2.13. The van der Waals surface area contributed by atoms with Crippen molar-refractivity contribution in [2.24, 2.45) is 4.99 Å². The number of nitrogens with one attached hydrogen (secondary N) is 2. The number of piperazine rings is 1. The Bertz CT molecular complexity index is 590. The van der Waals surface area contributed by atoms with Gasteiger partial charge < -0.3 is 15.5 Å². The minimum atomic E-state index is 0.459. The van der Waals surface area contributed by atoms with Crippen LogP contribution in [0, 0.1) is 0 Å². The third kappa shape index (κ3) is 6.19. The standard InChI is InChI=1S/C21H36N6/c1-22-21(23-14-20-17-25(2)12-13-26(20)3)24-19-10-7-11-27(16-19)15-18-8-5-4-6-9-18/h4-6,8-9,19-20H,7,10-17H2,1-3H3,(H2,22,23,24). The number of guanidine groups is 1. The lowest BCUT2D eigenvalue weighted by atomic mass is 10.0. The van der Waals surface area contributed by atoms with E-state index < -0.39 is 0 Å². The fraction of sp³-hybridized carbons (Fsp3) is 0.667. The van der Waals surface area contributed by atoms with Crippen LogP contribution >= 0.6 is 0 Å². The Morgan fingerprint density at radius 1 is 1.11 bits per heavy atom. The first-order chi connectivity index (χ1) is 13.1. The molecule has 0 amide bonds. The van der Waals surface area contributed by atoms with Crippen molar-refractivity contribution in [2.75, 3.05) is 60.4 Å². The van der Waals surface area contributed by atoms with Gasteiger partial charge in [-0.15, -0.1) is 0 Å². The molecule has 2 heterocycles. The Kier molecular flexibility index (Phi) is 7.50. The second-order valence-electron chi connectivity index (χ2n) is 8.05. The fourth-order valence-corrected chi connectivity index (χ4v) is 4.08. The first-order valence-corrected chi connectivity index (χ1v) is 10.3. The molecule has 0 saturated carbocycles. The fourth-order valence-electron chi connectivity index (χ4n) is 4.08. The molecule has 0 aromatic heterocycles. The van der Waals surface area contributed by atoms with E-state index >= 15 is 0 Å². The molecule has 2 saturated heterocycles. The van der Waals surface area contributed by atoms with Gasteiger partial charge in [0.15, 0.2) is 5.96 Å². The molecule has 2 N–H and O–H groups in total. The van der Waals surface area contributed by atoms with Crippen molar-refractivity contribution >= 4 is 5.96 Å². The first-order valence-electron chi connectivity index (χ1n) is 10.3. The van der Waals surface area contributed by atoms with Crippen LogP contribution in [0.3, 0.4) is 0 Å². The van der Waals surface area contributed by atoms with Crippen LogP contribution in [0.1, 0.15) is 18.4 Å². The molecule has 0 bridgehead atoms. The van der Waals surface area contributed by atoms with Crippen LogP contribution in [0.5, 0.6) is 0 Å². The van der Waals surface area contributed by atoms with Crippen LogP contribution in [0.2, 0.25) is 0 Å². The van der Waals surface area contributed by atoms with Crippen molar-refractivity contribution in [3.63, 3.8) is 0 Å². The van der Waals surface area contributed by atoms with Crippen molar-refractivity contribution in [3.8, 4) is 0 Å². The lowest BCUT2D eigenvalue weighted by Crippen LogP contribution is -2.57. The van der Waals surface area contributed by atoms with Crippen molar-refractivity contribution in [1.29, 1.82) is 0 Å². The summed E-state index contributed by atoms with van der Waals surface area (Å²) in [5, 5.41) is 7.21. The van der Waals surface area contributed by atoms with Crippen molar-refractivity contribution in [2.45, 2.75) is 31.5 Å². The Morgan fingerprint density at radius 3 is 2.70 bits per heavy atom. The minimum Gasteiger partial charge on any atom is -0.355 e. The second kappa shape index (κ2) is 10.1. The van der Waals surface area contributed by atoms with Gasteiger partial charge in [-0.25, -0.2) is 0 Å². The van der Waals surface area contributed by atoms with Gasteiger partial charge in [-0.2, -0.15) is 0 Å². The Hall–Kier alpha value is -1.63. The van der Waals surface area contributed by atoms with Crippen molar-refractivity contribution < 1.29 is 0 Å². The number of rotatable bonds is 5. The summed E-state index contributed by atoms with van der Waals surface area (Å²) in [4.78, 5) is 11.9. The molecule has 0 radical (unpaired) electrons. The van der Waals surface area contributed by atoms with Crippen molar-refractivity contribution in [3.05, 3.63) is 35.9 Å². The maximum atomic E-state index is 4.46. The number of aliphatic imine (C=N–C) groups is 1. The van der Waals surface area contributed by atoms with E-state index in [1.54, 1.807) is 0 Å². The van der Waals surface area contributed by atoms with Gasteiger partial charge in [0.25, 0.3) is 0 Å². The lowest BCUT2D eigenvalue weighted by molar-refractivity contribution is 0.116. The van der Waals surface area contributed by atoms with E-state index in [4.69, 9.17) is 0 Å². The molecular formula is C21H36N6. The SMILES string of the molecule is CN=C(NCC1CN(C)CCN1C)NC1CCCN(Cc2ccccc2)C1. The average molecular weight is 373 g/mol. The average Bonchev–Trinajstić information content (AvgIpc) is 2.68. The van der Waals surface area contributed by atoms with Gasteiger partial charge in [-0.3, -0.25) is 14.8 Å². The summed E-state index contributed by atoms with van der Waals surface area (Å²) in [6.45, 7) is 7.60. The maximum Gasteiger partial charge on any atom is 0.191 e. The summed E-state index contributed by atoms with van der Waals surface area (Å²) in [6, 6.07) is 11.8. The highest BCUT2D eigenvalue weighted by Gasteiger charge is 2.24. The molecule has 2 fully saturated rings. The number of likely N-dealkylation sites (N-methyl/N-ethyl adjacent to an activating group) is 2. The van der Waals surface area contributed by atoms with E-state index in [0.717, 1.165) is 45.2 Å². The van der Waals surface area contributed by atoms with E-state index in [9.17, 15) is 0 Å². The van der Waals surface area contributed by atoms with Crippen LogP contribution in [0.25, 0.3) is 0 Å². The summed E-state index contributed by atoms with van der Waals surface area (Å²) in [6.07, 6.45) is 2.44. The molecule has 0 aliphatic carbocycles. The van der Waals surface area contributed by atoms with Gasteiger partial charge >= 0.3 is 0 Å². The highest BCUT2D eigenvalue weighted by atomic mass is 15.3. The predicted molar refractivity (Wildman–Crippen MR) is 113 cm³/mol. The van der Waals surface area contributed by atoms with Crippen LogP contribution in [0.4, 0.5) is 0 Å². The van der Waals surface area contributed by atoms with Crippen LogP contribution < -0.4 is 10.6 Å². The zero-order chi connectivity index (χ0) is 19.1. The van der Waals surface area contributed by atoms with E-state index in [1.165, 1.54) is 24.9 Å². The molecule has 6 nitrogen and oxygen atoms in total. The van der Waals surface area contributed by atoms with Gasteiger partial charge in [-0.05, 0) is 39.0 Å². The number of benzene rings is 1. The monoisotopic (exact) mass is 372 g/mol. The number of hydrogen-bond acceptors (Lipinski definition) is 4. The molecule has 2 aliphatic heterocycles. The molecule has 3 rings (SSSR count). The van der Waals surface area contributed by atoms with Crippen molar-refractivity contribution in [1.82, 2.24) is 25.3 Å². The Morgan fingerprint density at radius 2 is 1.93 bits per heavy atom. The Labute approximate surface area is 164 Å². The molecule has 27 heavy (non-hydrogen) atoms. The largest absolute Gasteiger partial charge is 0.355 e. The molecule has 2 atom stereocenters. The van der Waals surface area contributed by atoms with Gasteiger partial charge in [0.2, 0.25) is 0 Å². The summed E-state index contributed by atoms with van der Waals surface area (Å²) in [5.41, 5.74) is 1.39. The third-order valence-electron chi connectivity index (χ3n) is 5.80. The number of nitrogens with zero attached hydrogens (tertiary/aromatic N) is 4. The number of hydrogen-bond donors (Lipinski definition) is 2. The highest BCUT2D eigenvalue weighted by molar-refractivity contribution is 5.80. The maximum absolute atomic E-state index is 4.46. The van der Waals surface area contributed by atoms with E-state index in [1.807, 2.05) is 7.05 Å². The summed E-state index contributed by atoms with van der Waals surface area (Å²) >= 11 is 0. The molecule has 2 unspecified atom stereocenters. The molecule has 0 spiro atoms. The molecule has 150 valence electrons. The quantitative estimate of drug-likeness (QED) is 0.598. The predicted octanol–water partition coefficient (Wildman–Crippen LogP) is 1.06. The van der Waals surface area contributed by atoms with Crippen LogP contribution in [-0.2, 0) is 6.54 Å². The zero-order valence-electron chi connectivity index (χ0n) is 17.2. The topological polar surface area (TPSA) is 46.1 Å². The summed E-state index contributed by atoms with van der Waals surface area (Å²) < 4.78 is 0. The molecule has 6 heteroatoms. The molecular weight excluding hydrogens is 336 g/mol. The number of piperidine rings is 1. The van der Waals surface area contributed by atoms with Crippen LogP contribution in [0.15, 0.2) is 35.3 Å². The molecule has 1 aromatic carbocycles. The molecule has 2 aliphatic rings. The van der Waals surface area contributed by atoms with E-state index in [-0.39, 0.29) is 0 Å². The lowest BCUT2D eigenvalue weighted by Gasteiger charge is -2.38. The third-order valence-corrected chi connectivity index (χ3v) is 5.80. The summed E-state index contributed by atoms with van der Waals surface area (Å²) in [5.74, 6) is 0.934. The van der Waals surface area contributed by atoms with Gasteiger partial charge in [-0.1, -0.05) is 30.3 Å². The van der Waals surface area contributed by atoms with Gasteiger partial charge in [0, 0.05) is 58.4 Å². The zero-order valence-corrected chi connectivity index (χ0v) is 17.2. The van der Waals surface area contributed by atoms with Gasteiger partial charge in [0.05, 0.1) is 0 Å². The van der Waals surface area contributed by atoms with E-state index in [2.05, 4.69) is 74.8 Å². The Balaban J connectivity index is 1.46. The summed E-state index contributed by atoms with van der Waals surface area (Å²) in [7, 11) is 6.30. The van der Waals surface area contributed by atoms with Gasteiger partial charge in [0.1, 0.15) is 0 Å². The molecule has 1 aromatic rings. The minimum absolute atomic E-state index is 0.459. The number of likely N-dealkylation sites (tertiary alicyclic amines) is 1. The second-order valence-corrected chi connectivity index (χ2v) is 8.05. The van der Waals surface area contributed by atoms with Crippen LogP contribution in [-0.4, -0.2) is 93.2 Å². The first kappa shape index (κ1) is 20.1. The normalized spacial score (nSPS) is 26.1.